The van der Waals surface area contributed by atoms with Crippen LogP contribution in [0.5, 0.6) is 0 Å². The summed E-state index contributed by atoms with van der Waals surface area (Å²) in [6, 6.07) is 9.00. The van der Waals surface area contributed by atoms with Crippen LogP contribution in [0.1, 0.15) is 15.9 Å². The van der Waals surface area contributed by atoms with Gasteiger partial charge in [-0.05, 0) is 18.1 Å². The predicted molar refractivity (Wildman–Crippen MR) is 75.0 cm³/mol. The smallest absolute Gasteiger partial charge is 0.342 e. The number of para-hydroxylation sites is 1. The first-order chi connectivity index (χ1) is 10.1. The van der Waals surface area contributed by atoms with Gasteiger partial charge in [0.25, 0.3) is 0 Å². The van der Waals surface area contributed by atoms with Gasteiger partial charge in [-0.3, -0.25) is 10.1 Å². The minimum atomic E-state index is -1.34. The Labute approximate surface area is 119 Å². The molecule has 1 aromatic heterocycles. The van der Waals surface area contributed by atoms with Crippen LogP contribution in [0.25, 0.3) is 0 Å². The molecule has 0 aliphatic carbocycles. The molecule has 1 aliphatic heterocycles. The summed E-state index contributed by atoms with van der Waals surface area (Å²) in [5.74, 6) is -0.930. The number of anilines is 2. The highest BCUT2D eigenvalue weighted by Crippen LogP contribution is 2.34. The van der Waals surface area contributed by atoms with Crippen molar-refractivity contribution >= 4 is 23.2 Å². The molecule has 0 spiro atoms. The number of carboxylic acids is 1. The maximum Gasteiger partial charge on any atom is 0.342 e. The van der Waals surface area contributed by atoms with Crippen molar-refractivity contribution in [3.8, 4) is 0 Å². The Morgan fingerprint density at radius 2 is 2.14 bits per heavy atom. The van der Waals surface area contributed by atoms with Crippen LogP contribution in [0.2, 0.25) is 0 Å². The topological polar surface area (TPSA) is 96.6 Å². The van der Waals surface area contributed by atoms with E-state index in [4.69, 9.17) is 5.11 Å². The van der Waals surface area contributed by atoms with Crippen molar-refractivity contribution in [2.24, 2.45) is 0 Å². The Bertz CT molecular complexity index is 745. The molecule has 106 valence electrons. The first-order valence-electron chi connectivity index (χ1n) is 6.31. The van der Waals surface area contributed by atoms with Crippen LogP contribution in [-0.2, 0) is 6.42 Å². The van der Waals surface area contributed by atoms with Gasteiger partial charge < -0.3 is 10.0 Å². The number of hydrogen-bond donors (Lipinski definition) is 1. The van der Waals surface area contributed by atoms with Crippen LogP contribution in [0.4, 0.5) is 17.2 Å². The molecule has 1 N–H and O–H groups in total. The Morgan fingerprint density at radius 3 is 2.86 bits per heavy atom. The van der Waals surface area contributed by atoms with Gasteiger partial charge >= 0.3 is 11.7 Å². The molecule has 1 aliphatic rings. The molecule has 1 aromatic carbocycles. The number of fused-ring (bicyclic) bond motifs is 1. The largest absolute Gasteiger partial charge is 0.477 e. The minimum Gasteiger partial charge on any atom is -0.477 e. The Kier molecular flexibility index (Phi) is 3.02. The van der Waals surface area contributed by atoms with Crippen molar-refractivity contribution in [1.82, 2.24) is 4.98 Å². The molecular formula is C14H11N3O4. The van der Waals surface area contributed by atoms with E-state index >= 15 is 0 Å². The summed E-state index contributed by atoms with van der Waals surface area (Å²) >= 11 is 0. The fraction of sp³-hybridized carbons (Fsp3) is 0.143. The van der Waals surface area contributed by atoms with Gasteiger partial charge in [0, 0.05) is 18.3 Å². The molecule has 2 aromatic rings. The van der Waals surface area contributed by atoms with Crippen molar-refractivity contribution in [3.63, 3.8) is 0 Å². The summed E-state index contributed by atoms with van der Waals surface area (Å²) in [4.78, 5) is 27.2. The van der Waals surface area contributed by atoms with Gasteiger partial charge in [-0.25, -0.2) is 9.78 Å². The van der Waals surface area contributed by atoms with E-state index in [1.165, 1.54) is 6.07 Å². The van der Waals surface area contributed by atoms with Crippen LogP contribution < -0.4 is 4.90 Å². The molecule has 3 rings (SSSR count). The van der Waals surface area contributed by atoms with Gasteiger partial charge in [-0.15, -0.1) is 0 Å². The van der Waals surface area contributed by atoms with Crippen LogP contribution >= 0.6 is 0 Å². The predicted octanol–water partition coefficient (Wildman–Crippen LogP) is 2.38. The maximum atomic E-state index is 11.2. The highest BCUT2D eigenvalue weighted by Gasteiger charge is 2.26. The minimum absolute atomic E-state index is 0.352. The molecule has 0 saturated heterocycles. The molecule has 0 unspecified atom stereocenters. The third-order valence-corrected chi connectivity index (χ3v) is 3.46. The molecule has 21 heavy (non-hydrogen) atoms. The van der Waals surface area contributed by atoms with E-state index in [-0.39, 0.29) is 5.56 Å². The number of pyridine rings is 1. The lowest BCUT2D eigenvalue weighted by Crippen LogP contribution is -2.16. The van der Waals surface area contributed by atoms with Crippen molar-refractivity contribution in [2.45, 2.75) is 6.42 Å². The normalized spacial score (nSPS) is 13.0. The molecule has 0 radical (unpaired) electrons. The quantitative estimate of drug-likeness (QED) is 0.687. The zero-order valence-electron chi connectivity index (χ0n) is 10.9. The van der Waals surface area contributed by atoms with E-state index in [1.54, 1.807) is 0 Å². The molecular weight excluding hydrogens is 274 g/mol. The first-order valence-corrected chi connectivity index (χ1v) is 6.31. The van der Waals surface area contributed by atoms with Gasteiger partial charge in [0.1, 0.15) is 17.6 Å². The standard InChI is InChI=1S/C14H11N3O4/c18-14(19)10-7-13(15-8-12(10)17(20)21)16-6-5-9-3-1-2-4-11(9)16/h1-4,7-8H,5-6H2,(H,18,19). The monoisotopic (exact) mass is 285 g/mol. The second-order valence-corrected chi connectivity index (χ2v) is 4.65. The van der Waals surface area contributed by atoms with Crippen molar-refractivity contribution in [1.29, 1.82) is 0 Å². The summed E-state index contributed by atoms with van der Waals surface area (Å²) < 4.78 is 0. The molecule has 0 atom stereocenters. The fourth-order valence-electron chi connectivity index (χ4n) is 2.48. The van der Waals surface area contributed by atoms with Crippen molar-refractivity contribution in [3.05, 3.63) is 57.8 Å². The molecule has 2 heterocycles. The number of hydrogen-bond acceptors (Lipinski definition) is 5. The third kappa shape index (κ3) is 2.18. The number of carboxylic acid groups (broad SMARTS) is 1. The van der Waals surface area contributed by atoms with Crippen molar-refractivity contribution in [2.75, 3.05) is 11.4 Å². The second-order valence-electron chi connectivity index (χ2n) is 4.65. The lowest BCUT2D eigenvalue weighted by molar-refractivity contribution is -0.385. The number of rotatable bonds is 3. The number of aromatic carboxylic acids is 1. The van der Waals surface area contributed by atoms with E-state index < -0.39 is 16.6 Å². The molecule has 7 heteroatoms. The summed E-state index contributed by atoms with van der Waals surface area (Å²) in [5.41, 5.74) is 1.25. The Balaban J connectivity index is 2.07. The number of nitro groups is 1. The average Bonchev–Trinajstić information content (AvgIpc) is 2.90. The highest BCUT2D eigenvalue weighted by atomic mass is 16.6. The van der Waals surface area contributed by atoms with Crippen molar-refractivity contribution < 1.29 is 14.8 Å². The van der Waals surface area contributed by atoms with Gasteiger partial charge in [0.05, 0.1) is 4.92 Å². The van der Waals surface area contributed by atoms with Gasteiger partial charge in [-0.1, -0.05) is 18.2 Å². The average molecular weight is 285 g/mol. The molecule has 7 nitrogen and oxygen atoms in total. The lowest BCUT2D eigenvalue weighted by Gasteiger charge is -2.18. The second kappa shape index (κ2) is 4.86. The lowest BCUT2D eigenvalue weighted by atomic mass is 10.2. The van der Waals surface area contributed by atoms with E-state index in [2.05, 4.69) is 4.98 Å². The van der Waals surface area contributed by atoms with E-state index in [1.807, 2.05) is 29.2 Å². The van der Waals surface area contributed by atoms with E-state index in [9.17, 15) is 14.9 Å². The zero-order valence-corrected chi connectivity index (χ0v) is 10.9. The van der Waals surface area contributed by atoms with E-state index in [0.717, 1.165) is 23.9 Å². The Hall–Kier alpha value is -2.96. The summed E-state index contributed by atoms with van der Waals surface area (Å²) in [6.45, 7) is 0.670. The summed E-state index contributed by atoms with van der Waals surface area (Å²) in [7, 11) is 0. The van der Waals surface area contributed by atoms with Crippen LogP contribution in [-0.4, -0.2) is 27.5 Å². The maximum absolute atomic E-state index is 11.2. The SMILES string of the molecule is O=C(O)c1cc(N2CCc3ccccc32)ncc1[N+](=O)[O-]. The van der Waals surface area contributed by atoms with Gasteiger partial charge in [0.2, 0.25) is 0 Å². The fourth-order valence-corrected chi connectivity index (χ4v) is 2.48. The molecule has 0 bridgehead atoms. The number of benzene rings is 1. The number of nitrogens with zero attached hydrogens (tertiary/aromatic N) is 3. The van der Waals surface area contributed by atoms with Gasteiger partial charge in [0.15, 0.2) is 0 Å². The summed E-state index contributed by atoms with van der Waals surface area (Å²) in [6.07, 6.45) is 1.83. The summed E-state index contributed by atoms with van der Waals surface area (Å²) in [5, 5.41) is 20.0. The molecule has 0 fully saturated rings. The first kappa shape index (κ1) is 13.0. The van der Waals surface area contributed by atoms with E-state index in [0.29, 0.717) is 12.4 Å². The highest BCUT2D eigenvalue weighted by molar-refractivity contribution is 5.93. The van der Waals surface area contributed by atoms with Gasteiger partial charge in [-0.2, -0.15) is 0 Å². The number of aromatic nitrogens is 1. The van der Waals surface area contributed by atoms with Crippen LogP contribution in [0.3, 0.4) is 0 Å². The van der Waals surface area contributed by atoms with Crippen LogP contribution in [0, 0.1) is 10.1 Å². The molecule has 0 amide bonds. The Morgan fingerprint density at radius 1 is 1.38 bits per heavy atom. The van der Waals surface area contributed by atoms with Crippen LogP contribution in [0.15, 0.2) is 36.5 Å². The number of carbonyl (C=O) groups is 1. The zero-order chi connectivity index (χ0) is 15.0. The third-order valence-electron chi connectivity index (χ3n) is 3.46. The molecule has 0 saturated carbocycles.